The molecule has 31 heavy (non-hydrogen) atoms. The van der Waals surface area contributed by atoms with Crippen LogP contribution in [0.3, 0.4) is 0 Å². The van der Waals surface area contributed by atoms with Crippen molar-refractivity contribution >= 4 is 16.8 Å². The third-order valence-corrected chi connectivity index (χ3v) is 4.98. The summed E-state index contributed by atoms with van der Waals surface area (Å²) < 4.78 is 41.5. The van der Waals surface area contributed by atoms with Crippen LogP contribution in [0, 0.1) is 0 Å². The monoisotopic (exact) mass is 433 g/mol. The first-order valence-corrected chi connectivity index (χ1v) is 9.92. The lowest BCUT2D eigenvalue weighted by Crippen LogP contribution is -2.44. The SMILES string of the molecule is CCCNC(=O)[C@@H](CC)n1c(=O)n(-c2cccc(C(F)(F)F)c2)c(=O)c2ccccc21. The van der Waals surface area contributed by atoms with Gasteiger partial charge in [-0.2, -0.15) is 13.2 Å². The second-order valence-electron chi connectivity index (χ2n) is 7.07. The molecule has 1 amide bonds. The van der Waals surface area contributed by atoms with Crippen molar-refractivity contribution in [2.45, 2.75) is 38.9 Å². The predicted octanol–water partition coefficient (Wildman–Crippen LogP) is 3.65. The number of carbonyl (C=O) groups is 1. The maximum absolute atomic E-state index is 13.4. The van der Waals surface area contributed by atoms with Crippen LogP contribution in [0.4, 0.5) is 13.2 Å². The molecule has 0 aliphatic heterocycles. The Kier molecular flexibility index (Phi) is 6.33. The molecule has 0 unspecified atom stereocenters. The normalized spacial score (nSPS) is 12.7. The van der Waals surface area contributed by atoms with Crippen LogP contribution in [0.2, 0.25) is 0 Å². The van der Waals surface area contributed by atoms with Gasteiger partial charge >= 0.3 is 11.9 Å². The topological polar surface area (TPSA) is 73.1 Å². The molecular formula is C22H22F3N3O3. The number of aromatic nitrogens is 2. The van der Waals surface area contributed by atoms with Crippen LogP contribution in [-0.4, -0.2) is 21.6 Å². The zero-order valence-corrected chi connectivity index (χ0v) is 17.1. The van der Waals surface area contributed by atoms with E-state index in [9.17, 15) is 27.6 Å². The van der Waals surface area contributed by atoms with E-state index < -0.39 is 34.9 Å². The summed E-state index contributed by atoms with van der Waals surface area (Å²) in [7, 11) is 0. The Hall–Kier alpha value is -3.36. The summed E-state index contributed by atoms with van der Waals surface area (Å²) >= 11 is 0. The Morgan fingerprint density at radius 1 is 1.06 bits per heavy atom. The largest absolute Gasteiger partial charge is 0.416 e. The van der Waals surface area contributed by atoms with E-state index in [1.54, 1.807) is 25.1 Å². The van der Waals surface area contributed by atoms with Crippen molar-refractivity contribution in [1.82, 2.24) is 14.5 Å². The number of alkyl halides is 3. The number of hydrogen-bond acceptors (Lipinski definition) is 3. The van der Waals surface area contributed by atoms with E-state index in [0.717, 1.165) is 18.2 Å². The Morgan fingerprint density at radius 3 is 2.42 bits per heavy atom. The van der Waals surface area contributed by atoms with Gasteiger partial charge in [-0.3, -0.25) is 14.2 Å². The third-order valence-electron chi connectivity index (χ3n) is 4.98. The Morgan fingerprint density at radius 2 is 1.77 bits per heavy atom. The molecular weight excluding hydrogens is 411 g/mol. The molecule has 0 bridgehead atoms. The van der Waals surface area contributed by atoms with Gasteiger partial charge in [-0.1, -0.05) is 32.0 Å². The highest BCUT2D eigenvalue weighted by molar-refractivity contribution is 5.84. The Labute approximate surface area is 175 Å². The van der Waals surface area contributed by atoms with Crippen LogP contribution < -0.4 is 16.6 Å². The first kappa shape index (κ1) is 22.3. The van der Waals surface area contributed by atoms with Crippen molar-refractivity contribution in [3.8, 4) is 5.69 Å². The van der Waals surface area contributed by atoms with Gasteiger partial charge in [0, 0.05) is 6.54 Å². The highest BCUT2D eigenvalue weighted by atomic mass is 19.4. The first-order chi connectivity index (χ1) is 14.7. The molecule has 0 fully saturated rings. The van der Waals surface area contributed by atoms with Crippen LogP contribution in [0.25, 0.3) is 16.6 Å². The maximum Gasteiger partial charge on any atom is 0.416 e. The molecule has 3 rings (SSSR count). The molecule has 6 nitrogen and oxygen atoms in total. The second kappa shape index (κ2) is 8.79. The first-order valence-electron chi connectivity index (χ1n) is 9.92. The molecule has 1 atom stereocenters. The van der Waals surface area contributed by atoms with Crippen LogP contribution >= 0.6 is 0 Å². The van der Waals surface area contributed by atoms with Crippen molar-refractivity contribution in [2.24, 2.45) is 0 Å². The Bertz CT molecular complexity index is 1230. The summed E-state index contributed by atoms with van der Waals surface area (Å²) in [5, 5.41) is 2.87. The second-order valence-corrected chi connectivity index (χ2v) is 7.07. The number of nitrogens with zero attached hydrogens (tertiary/aromatic N) is 2. The predicted molar refractivity (Wildman–Crippen MR) is 111 cm³/mol. The minimum atomic E-state index is -4.64. The number of hydrogen-bond donors (Lipinski definition) is 1. The van der Waals surface area contributed by atoms with Gasteiger partial charge in [0.2, 0.25) is 5.91 Å². The number of nitrogens with one attached hydrogen (secondary N) is 1. The fraction of sp³-hybridized carbons (Fsp3) is 0.318. The Balaban J connectivity index is 2.34. The maximum atomic E-state index is 13.4. The standard InChI is InChI=1S/C22H22F3N3O3/c1-3-12-26-19(29)17(4-2)28-18-11-6-5-10-16(18)20(30)27(21(28)31)15-9-7-8-14(13-15)22(23,24)25/h5-11,13,17H,3-4,12H2,1-2H3,(H,26,29)/t17-/m1/s1. The quantitative estimate of drug-likeness (QED) is 0.645. The van der Waals surface area contributed by atoms with Crippen molar-refractivity contribution < 1.29 is 18.0 Å². The van der Waals surface area contributed by atoms with E-state index in [4.69, 9.17) is 0 Å². The molecule has 164 valence electrons. The van der Waals surface area contributed by atoms with Gasteiger partial charge in [0.1, 0.15) is 6.04 Å². The summed E-state index contributed by atoms with van der Waals surface area (Å²) in [6.07, 6.45) is -3.69. The number of para-hydroxylation sites is 1. The summed E-state index contributed by atoms with van der Waals surface area (Å²) in [6, 6.07) is 9.32. The molecule has 2 aromatic carbocycles. The number of halogens is 3. The van der Waals surface area contributed by atoms with Crippen LogP contribution in [0.5, 0.6) is 0 Å². The van der Waals surface area contributed by atoms with Gasteiger partial charge in [0.05, 0.1) is 22.2 Å². The zero-order chi connectivity index (χ0) is 22.8. The van der Waals surface area contributed by atoms with Crippen LogP contribution in [0.1, 0.15) is 38.3 Å². The smallest absolute Gasteiger partial charge is 0.354 e. The summed E-state index contributed by atoms with van der Waals surface area (Å²) in [5.74, 6) is -0.397. The third kappa shape index (κ3) is 4.26. The zero-order valence-electron chi connectivity index (χ0n) is 17.1. The summed E-state index contributed by atoms with van der Waals surface area (Å²) in [4.78, 5) is 39.2. The van der Waals surface area contributed by atoms with Gasteiger partial charge in [-0.25, -0.2) is 9.36 Å². The molecule has 9 heteroatoms. The van der Waals surface area contributed by atoms with Gasteiger partial charge in [0.25, 0.3) is 5.56 Å². The molecule has 1 aromatic heterocycles. The number of carbonyl (C=O) groups excluding carboxylic acids is 1. The lowest BCUT2D eigenvalue weighted by Gasteiger charge is -2.21. The summed E-state index contributed by atoms with van der Waals surface area (Å²) in [5.41, 5.74) is -2.57. The lowest BCUT2D eigenvalue weighted by molar-refractivity contribution is -0.137. The fourth-order valence-corrected chi connectivity index (χ4v) is 3.48. The number of fused-ring (bicyclic) bond motifs is 1. The van der Waals surface area contributed by atoms with Gasteiger partial charge in [-0.05, 0) is 43.2 Å². The summed E-state index contributed by atoms with van der Waals surface area (Å²) in [6.45, 7) is 4.02. The number of benzene rings is 2. The van der Waals surface area contributed by atoms with Crippen molar-refractivity contribution in [1.29, 1.82) is 0 Å². The lowest BCUT2D eigenvalue weighted by atomic mass is 10.1. The van der Waals surface area contributed by atoms with Crippen LogP contribution in [0.15, 0.2) is 58.1 Å². The highest BCUT2D eigenvalue weighted by Gasteiger charge is 2.31. The average Bonchev–Trinajstić information content (AvgIpc) is 2.74. The molecule has 0 aliphatic carbocycles. The molecule has 3 aromatic rings. The van der Waals surface area contributed by atoms with E-state index in [1.165, 1.54) is 16.7 Å². The van der Waals surface area contributed by atoms with Gasteiger partial charge in [0.15, 0.2) is 0 Å². The van der Waals surface area contributed by atoms with E-state index >= 15 is 0 Å². The molecule has 0 saturated heterocycles. The van der Waals surface area contributed by atoms with E-state index in [2.05, 4.69) is 5.32 Å². The van der Waals surface area contributed by atoms with Gasteiger partial charge in [-0.15, -0.1) is 0 Å². The van der Waals surface area contributed by atoms with Gasteiger partial charge < -0.3 is 5.32 Å². The van der Waals surface area contributed by atoms with Crippen molar-refractivity contribution in [2.75, 3.05) is 6.54 Å². The van der Waals surface area contributed by atoms with Crippen molar-refractivity contribution in [3.05, 3.63) is 74.9 Å². The molecule has 0 aliphatic rings. The highest BCUT2D eigenvalue weighted by Crippen LogP contribution is 2.30. The number of amides is 1. The molecule has 1 N–H and O–H groups in total. The molecule has 1 heterocycles. The number of rotatable bonds is 6. The van der Waals surface area contributed by atoms with E-state index in [0.29, 0.717) is 17.5 Å². The van der Waals surface area contributed by atoms with E-state index in [1.807, 2.05) is 6.92 Å². The molecule has 0 saturated carbocycles. The molecule has 0 spiro atoms. The minimum absolute atomic E-state index is 0.126. The van der Waals surface area contributed by atoms with E-state index in [-0.39, 0.29) is 23.0 Å². The fourth-order valence-electron chi connectivity index (χ4n) is 3.48. The average molecular weight is 433 g/mol. The van der Waals surface area contributed by atoms with Crippen molar-refractivity contribution in [3.63, 3.8) is 0 Å². The molecule has 0 radical (unpaired) electrons. The minimum Gasteiger partial charge on any atom is -0.354 e. The van der Waals surface area contributed by atoms with Crippen LogP contribution in [-0.2, 0) is 11.0 Å².